The molecule has 0 N–H and O–H groups in total. The van der Waals surface area contributed by atoms with Gasteiger partial charge in [0.15, 0.2) is 11.5 Å². The summed E-state index contributed by atoms with van der Waals surface area (Å²) in [6.07, 6.45) is 1.13. The zero-order chi connectivity index (χ0) is 22.1. The zero-order valence-electron chi connectivity index (χ0n) is 18.6. The molecule has 1 aliphatic rings. The Kier molecular flexibility index (Phi) is 8.41. The normalized spacial score (nSPS) is 14.2. The summed E-state index contributed by atoms with van der Waals surface area (Å²) in [4.78, 5) is 16.9. The van der Waals surface area contributed by atoms with E-state index >= 15 is 0 Å². The van der Waals surface area contributed by atoms with Crippen molar-refractivity contribution in [2.45, 2.75) is 19.4 Å². The maximum atomic E-state index is 12.6. The van der Waals surface area contributed by atoms with Crippen LogP contribution in [0.3, 0.4) is 0 Å². The lowest BCUT2D eigenvalue weighted by Gasteiger charge is -2.34. The van der Waals surface area contributed by atoms with Gasteiger partial charge in [0.1, 0.15) is 5.75 Å². The Hall–Kier alpha value is -2.93. The predicted molar refractivity (Wildman–Crippen MR) is 119 cm³/mol. The van der Waals surface area contributed by atoms with Crippen molar-refractivity contribution in [2.75, 3.05) is 54.1 Å². The van der Waals surface area contributed by atoms with E-state index in [1.807, 2.05) is 11.0 Å². The van der Waals surface area contributed by atoms with Crippen LogP contribution in [-0.4, -0.2) is 69.8 Å². The molecule has 0 spiro atoms. The van der Waals surface area contributed by atoms with Crippen LogP contribution in [0.15, 0.2) is 42.5 Å². The lowest BCUT2D eigenvalue weighted by atomic mass is 10.2. The molecular formula is C24H32N2O5. The molecule has 2 aromatic rings. The van der Waals surface area contributed by atoms with Gasteiger partial charge in [-0.15, -0.1) is 0 Å². The number of nitrogens with zero attached hydrogens (tertiary/aromatic N) is 2. The number of piperazine rings is 1. The van der Waals surface area contributed by atoms with E-state index in [-0.39, 0.29) is 5.91 Å². The summed E-state index contributed by atoms with van der Waals surface area (Å²) in [6.45, 7) is 4.74. The minimum Gasteiger partial charge on any atom is -0.493 e. The molecular weight excluding hydrogens is 396 g/mol. The van der Waals surface area contributed by atoms with Gasteiger partial charge in [0.2, 0.25) is 11.7 Å². The number of carbonyl (C=O) groups is 1. The van der Waals surface area contributed by atoms with Crippen LogP contribution in [-0.2, 0) is 11.3 Å². The lowest BCUT2D eigenvalue weighted by molar-refractivity contribution is -0.133. The number of rotatable bonds is 10. The first-order chi connectivity index (χ1) is 15.1. The molecule has 1 amide bonds. The van der Waals surface area contributed by atoms with Crippen molar-refractivity contribution in [3.63, 3.8) is 0 Å². The van der Waals surface area contributed by atoms with Crippen molar-refractivity contribution in [1.29, 1.82) is 0 Å². The zero-order valence-corrected chi connectivity index (χ0v) is 18.6. The molecule has 7 nitrogen and oxygen atoms in total. The second-order valence-electron chi connectivity index (χ2n) is 7.46. The van der Waals surface area contributed by atoms with E-state index in [0.29, 0.717) is 42.4 Å². The second-order valence-corrected chi connectivity index (χ2v) is 7.46. The van der Waals surface area contributed by atoms with E-state index in [2.05, 4.69) is 29.2 Å². The Morgan fingerprint density at radius 3 is 2.13 bits per heavy atom. The molecule has 0 radical (unpaired) electrons. The number of amides is 1. The van der Waals surface area contributed by atoms with Crippen LogP contribution in [0.25, 0.3) is 0 Å². The van der Waals surface area contributed by atoms with E-state index in [0.717, 1.165) is 32.7 Å². The van der Waals surface area contributed by atoms with Gasteiger partial charge in [-0.25, -0.2) is 0 Å². The maximum Gasteiger partial charge on any atom is 0.222 e. The minimum atomic E-state index is 0.188. The van der Waals surface area contributed by atoms with Gasteiger partial charge in [-0.05, 0) is 12.0 Å². The average Bonchev–Trinajstić information content (AvgIpc) is 2.82. The van der Waals surface area contributed by atoms with E-state index in [9.17, 15) is 4.79 Å². The van der Waals surface area contributed by atoms with Crippen molar-refractivity contribution in [1.82, 2.24) is 9.80 Å². The van der Waals surface area contributed by atoms with E-state index in [1.54, 1.807) is 33.5 Å². The molecule has 3 rings (SSSR count). The van der Waals surface area contributed by atoms with Crippen LogP contribution in [0.5, 0.6) is 23.0 Å². The standard InChI is InChI=1S/C24H32N2O5/c1-28-21-16-20(17-22(29-2)24(21)30-3)31-15-7-10-23(27)26-13-11-25(12-14-26)18-19-8-5-4-6-9-19/h4-6,8-9,16-17H,7,10-15,18H2,1-3H3. The van der Waals surface area contributed by atoms with Gasteiger partial charge in [-0.1, -0.05) is 30.3 Å². The van der Waals surface area contributed by atoms with E-state index in [4.69, 9.17) is 18.9 Å². The Morgan fingerprint density at radius 1 is 0.903 bits per heavy atom. The van der Waals surface area contributed by atoms with Crippen LogP contribution >= 0.6 is 0 Å². The fourth-order valence-corrected chi connectivity index (χ4v) is 3.71. The molecule has 1 saturated heterocycles. The van der Waals surface area contributed by atoms with Gasteiger partial charge >= 0.3 is 0 Å². The number of carbonyl (C=O) groups excluding carboxylic acids is 1. The molecule has 0 atom stereocenters. The maximum absolute atomic E-state index is 12.6. The SMILES string of the molecule is COc1cc(OCCCC(=O)N2CCN(Cc3ccccc3)CC2)cc(OC)c1OC. The summed E-state index contributed by atoms with van der Waals surface area (Å²) >= 11 is 0. The van der Waals surface area contributed by atoms with Crippen LogP contribution in [0.1, 0.15) is 18.4 Å². The number of methoxy groups -OCH3 is 3. The quantitative estimate of drug-likeness (QED) is 0.542. The van der Waals surface area contributed by atoms with Gasteiger partial charge in [0.25, 0.3) is 0 Å². The number of hydrogen-bond acceptors (Lipinski definition) is 6. The van der Waals surface area contributed by atoms with E-state index < -0.39 is 0 Å². The van der Waals surface area contributed by atoms with Crippen molar-refractivity contribution in [3.05, 3.63) is 48.0 Å². The van der Waals surface area contributed by atoms with Gasteiger partial charge in [-0.3, -0.25) is 9.69 Å². The number of benzene rings is 2. The van der Waals surface area contributed by atoms with Crippen LogP contribution < -0.4 is 18.9 Å². The lowest BCUT2D eigenvalue weighted by Crippen LogP contribution is -2.48. The molecule has 1 heterocycles. The fraction of sp³-hybridized carbons (Fsp3) is 0.458. The topological polar surface area (TPSA) is 60.5 Å². The van der Waals surface area contributed by atoms with Crippen molar-refractivity contribution < 1.29 is 23.7 Å². The highest BCUT2D eigenvalue weighted by atomic mass is 16.5. The van der Waals surface area contributed by atoms with Crippen molar-refractivity contribution in [3.8, 4) is 23.0 Å². The van der Waals surface area contributed by atoms with Gasteiger partial charge in [0, 0.05) is 51.3 Å². The highest BCUT2D eigenvalue weighted by molar-refractivity contribution is 5.76. The summed E-state index contributed by atoms with van der Waals surface area (Å²) in [7, 11) is 4.70. The summed E-state index contributed by atoms with van der Waals surface area (Å²) in [5, 5.41) is 0. The predicted octanol–water partition coefficient (Wildman–Crippen LogP) is 3.22. The third kappa shape index (κ3) is 6.28. The summed E-state index contributed by atoms with van der Waals surface area (Å²) in [6, 6.07) is 14.0. The first-order valence-corrected chi connectivity index (χ1v) is 10.6. The molecule has 0 saturated carbocycles. The molecule has 0 aliphatic carbocycles. The Labute approximate surface area is 184 Å². The molecule has 2 aromatic carbocycles. The van der Waals surface area contributed by atoms with Crippen molar-refractivity contribution in [2.24, 2.45) is 0 Å². The Balaban J connectivity index is 1.40. The minimum absolute atomic E-state index is 0.188. The molecule has 1 aliphatic heterocycles. The summed E-state index contributed by atoms with van der Waals surface area (Å²) < 4.78 is 21.8. The molecule has 0 unspecified atom stereocenters. The van der Waals surface area contributed by atoms with Crippen LogP contribution in [0.4, 0.5) is 0 Å². The highest BCUT2D eigenvalue weighted by Crippen LogP contribution is 2.40. The van der Waals surface area contributed by atoms with Gasteiger partial charge in [-0.2, -0.15) is 0 Å². The summed E-state index contributed by atoms with van der Waals surface area (Å²) in [5.74, 6) is 2.42. The Morgan fingerprint density at radius 2 is 1.55 bits per heavy atom. The molecule has 1 fully saturated rings. The molecule has 168 valence electrons. The smallest absolute Gasteiger partial charge is 0.222 e. The fourth-order valence-electron chi connectivity index (χ4n) is 3.71. The van der Waals surface area contributed by atoms with Crippen molar-refractivity contribution >= 4 is 5.91 Å². The van der Waals surface area contributed by atoms with E-state index in [1.165, 1.54) is 5.56 Å². The molecule has 31 heavy (non-hydrogen) atoms. The number of hydrogen-bond donors (Lipinski definition) is 0. The van der Waals surface area contributed by atoms with Gasteiger partial charge < -0.3 is 23.8 Å². The monoisotopic (exact) mass is 428 g/mol. The van der Waals surface area contributed by atoms with Crippen LogP contribution in [0.2, 0.25) is 0 Å². The molecule has 0 bridgehead atoms. The first-order valence-electron chi connectivity index (χ1n) is 10.6. The first kappa shape index (κ1) is 22.7. The third-order valence-electron chi connectivity index (χ3n) is 5.42. The van der Waals surface area contributed by atoms with Crippen LogP contribution in [0, 0.1) is 0 Å². The largest absolute Gasteiger partial charge is 0.493 e. The Bertz CT molecular complexity index is 810. The third-order valence-corrected chi connectivity index (χ3v) is 5.42. The van der Waals surface area contributed by atoms with Gasteiger partial charge in [0.05, 0.1) is 27.9 Å². The summed E-state index contributed by atoms with van der Waals surface area (Å²) in [5.41, 5.74) is 1.31. The highest BCUT2D eigenvalue weighted by Gasteiger charge is 2.21. The number of ether oxygens (including phenoxy) is 4. The molecule has 0 aromatic heterocycles. The average molecular weight is 429 g/mol. The second kappa shape index (κ2) is 11.5. The molecule has 7 heteroatoms.